The molecule has 1 unspecified atom stereocenters. The third-order valence-electron chi connectivity index (χ3n) is 2.41. The van der Waals surface area contributed by atoms with Gasteiger partial charge in [-0.25, -0.2) is 0 Å². The normalized spacial score (nSPS) is 10.9. The van der Waals surface area contributed by atoms with Crippen molar-refractivity contribution in [2.75, 3.05) is 0 Å². The number of hydrogen-bond donors (Lipinski definition) is 0. The average molecular weight is 307 g/mol. The second-order valence-corrected chi connectivity index (χ2v) is 5.35. The van der Waals surface area contributed by atoms with E-state index < -0.39 is 0 Å². The summed E-state index contributed by atoms with van der Waals surface area (Å²) in [7, 11) is 0. The molecule has 0 aliphatic carbocycles. The molecular weight excluding hydrogens is 299 g/mol. The van der Waals surface area contributed by atoms with Crippen molar-refractivity contribution in [3.8, 4) is 5.82 Å². The molecule has 0 N–H and O–H groups in total. The van der Waals surface area contributed by atoms with Gasteiger partial charge in [-0.05, 0) is 0 Å². The van der Waals surface area contributed by atoms with E-state index in [2.05, 4.69) is 27.1 Å². The molecule has 0 saturated carbocycles. The Morgan fingerprint density at radius 2 is 2.12 bits per heavy atom. The van der Waals surface area contributed by atoms with Crippen LogP contribution in [-0.4, -0.2) is 36.4 Å². The van der Waals surface area contributed by atoms with Crippen molar-refractivity contribution in [2.45, 2.75) is 0 Å². The van der Waals surface area contributed by atoms with Crippen molar-refractivity contribution in [1.29, 1.82) is 0 Å². The summed E-state index contributed by atoms with van der Waals surface area (Å²) in [6.45, 7) is 0. The molecule has 0 aliphatic heterocycles. The van der Waals surface area contributed by atoms with Crippen LogP contribution in [0.3, 0.4) is 0 Å². The van der Waals surface area contributed by atoms with Crippen LogP contribution in [-0.2, 0) is 0 Å². The zero-order valence-corrected chi connectivity index (χ0v) is 11.9. The van der Waals surface area contributed by atoms with Gasteiger partial charge in [0.2, 0.25) is 0 Å². The summed E-state index contributed by atoms with van der Waals surface area (Å²) in [6.07, 6.45) is 4.91. The fraction of sp³-hybridized carbons (Fsp3) is 0. The summed E-state index contributed by atoms with van der Waals surface area (Å²) in [4.78, 5) is 12.6. The van der Waals surface area contributed by atoms with E-state index in [9.17, 15) is 0 Å². The van der Waals surface area contributed by atoms with Crippen molar-refractivity contribution >= 4 is 43.8 Å². The molecule has 0 saturated heterocycles. The fourth-order valence-electron chi connectivity index (χ4n) is 1.66. The minimum atomic E-state index is 0.376. The van der Waals surface area contributed by atoms with E-state index in [-0.39, 0.29) is 0 Å². The summed E-state index contributed by atoms with van der Waals surface area (Å²) >= 11 is 7.42. The summed E-state index contributed by atoms with van der Waals surface area (Å²) in [5.74, 6) is 0.679. The molecule has 4 nitrogen and oxygen atoms in total. The van der Waals surface area contributed by atoms with E-state index >= 15 is 0 Å². The second-order valence-electron chi connectivity index (χ2n) is 3.56. The van der Waals surface area contributed by atoms with E-state index in [4.69, 9.17) is 11.6 Å². The van der Waals surface area contributed by atoms with Crippen LogP contribution in [0.5, 0.6) is 0 Å². The molecule has 3 rings (SSSR count). The van der Waals surface area contributed by atoms with Gasteiger partial charge in [-0.15, -0.1) is 0 Å². The van der Waals surface area contributed by atoms with E-state index in [1.165, 1.54) is 10.5 Å². The van der Waals surface area contributed by atoms with E-state index in [0.29, 0.717) is 11.0 Å². The van der Waals surface area contributed by atoms with Crippen LogP contribution < -0.4 is 4.35 Å². The molecule has 1 atom stereocenters. The molecule has 1 aromatic carbocycles. The minimum absolute atomic E-state index is 0.376. The third kappa shape index (κ3) is 1.94. The van der Waals surface area contributed by atoms with Crippen LogP contribution in [0.1, 0.15) is 0 Å². The second kappa shape index (κ2) is 4.13. The number of benzene rings is 1. The van der Waals surface area contributed by atoms with Crippen molar-refractivity contribution in [1.82, 2.24) is 19.5 Å². The topological polar surface area (TPSA) is 43.6 Å². The summed E-state index contributed by atoms with van der Waals surface area (Å²) in [5.41, 5.74) is 1.96. The Labute approximate surface area is 111 Å². The van der Waals surface area contributed by atoms with Crippen LogP contribution in [0.2, 0.25) is 5.15 Å². The van der Waals surface area contributed by atoms with Gasteiger partial charge in [0.05, 0.1) is 0 Å². The molecule has 0 bridgehead atoms. The van der Waals surface area contributed by atoms with Gasteiger partial charge in [-0.2, -0.15) is 0 Å². The first kappa shape index (κ1) is 10.8. The average Bonchev–Trinajstić information content (AvgIpc) is 2.71. The molecule has 2 aromatic heterocycles. The number of hydrogen-bond acceptors (Lipinski definition) is 3. The first-order valence-corrected chi connectivity index (χ1v) is 6.53. The van der Waals surface area contributed by atoms with E-state index in [0.717, 1.165) is 11.0 Å². The molecule has 6 heteroatoms. The molecule has 0 spiro atoms. The van der Waals surface area contributed by atoms with Crippen LogP contribution in [0.25, 0.3) is 16.9 Å². The van der Waals surface area contributed by atoms with Crippen molar-refractivity contribution in [3.63, 3.8) is 0 Å². The Bertz CT molecular complexity index is 695. The predicted molar refractivity (Wildman–Crippen MR) is 69.8 cm³/mol. The Kier molecular flexibility index (Phi) is 2.61. The standard InChI is InChI=1S/C11H8AsClN4/c12-7-1-2-8-9(3-7)17(6-15-8)11-5-14-4-10(13)16-11/h1-6H,12H2. The number of imidazole rings is 1. The third-order valence-corrected chi connectivity index (χ3v) is 3.35. The van der Waals surface area contributed by atoms with Crippen molar-refractivity contribution in [2.24, 2.45) is 0 Å². The van der Waals surface area contributed by atoms with Crippen LogP contribution in [0.4, 0.5) is 0 Å². The van der Waals surface area contributed by atoms with Gasteiger partial charge in [0.15, 0.2) is 0 Å². The SMILES string of the molecule is Clc1cncc(-n2cnc3ccc([AsH2])cc32)n1. The van der Waals surface area contributed by atoms with Crippen molar-refractivity contribution < 1.29 is 0 Å². The Morgan fingerprint density at radius 1 is 1.24 bits per heavy atom. The molecule has 84 valence electrons. The van der Waals surface area contributed by atoms with Gasteiger partial charge in [0.25, 0.3) is 0 Å². The zero-order valence-electron chi connectivity index (χ0n) is 8.71. The summed E-state index contributed by atoms with van der Waals surface area (Å²) in [6, 6.07) is 6.15. The summed E-state index contributed by atoms with van der Waals surface area (Å²) < 4.78 is 3.12. The maximum absolute atomic E-state index is 5.84. The molecular formula is C11H8AsClN4. The Hall–Kier alpha value is -1.38. The maximum atomic E-state index is 5.84. The summed E-state index contributed by atoms with van der Waals surface area (Å²) in [5, 5.41) is 0.376. The molecule has 3 aromatic rings. The monoisotopic (exact) mass is 306 g/mol. The van der Waals surface area contributed by atoms with Gasteiger partial charge in [-0.3, -0.25) is 0 Å². The molecule has 0 fully saturated rings. The van der Waals surface area contributed by atoms with E-state index in [1.54, 1.807) is 29.4 Å². The number of nitrogens with zero attached hydrogens (tertiary/aromatic N) is 4. The molecule has 17 heavy (non-hydrogen) atoms. The number of rotatable bonds is 1. The van der Waals surface area contributed by atoms with Gasteiger partial charge in [0, 0.05) is 0 Å². The predicted octanol–water partition coefficient (Wildman–Crippen LogP) is 0.727. The number of aromatic nitrogens is 4. The van der Waals surface area contributed by atoms with Gasteiger partial charge in [0.1, 0.15) is 0 Å². The molecule has 0 radical (unpaired) electrons. The molecule has 0 amide bonds. The van der Waals surface area contributed by atoms with Gasteiger partial charge < -0.3 is 0 Å². The van der Waals surface area contributed by atoms with Crippen LogP contribution in [0, 0.1) is 0 Å². The Balaban J connectivity index is 2.27. The quantitative estimate of drug-likeness (QED) is 0.623. The first-order valence-electron chi connectivity index (χ1n) is 4.94. The fourth-order valence-corrected chi connectivity index (χ4v) is 2.33. The number of halogens is 1. The van der Waals surface area contributed by atoms with Gasteiger partial charge >= 0.3 is 111 Å². The first-order chi connectivity index (χ1) is 8.24. The van der Waals surface area contributed by atoms with E-state index in [1.807, 2.05) is 10.6 Å². The van der Waals surface area contributed by atoms with Crippen molar-refractivity contribution in [3.05, 3.63) is 42.1 Å². The number of fused-ring (bicyclic) bond motifs is 1. The van der Waals surface area contributed by atoms with Gasteiger partial charge in [-0.1, -0.05) is 0 Å². The molecule has 0 aliphatic rings. The molecule has 2 heterocycles. The zero-order chi connectivity index (χ0) is 11.8. The van der Waals surface area contributed by atoms with Crippen LogP contribution in [0.15, 0.2) is 36.9 Å². The Morgan fingerprint density at radius 3 is 2.94 bits per heavy atom. The van der Waals surface area contributed by atoms with Crippen LogP contribution >= 0.6 is 11.6 Å².